The molecular formula is C24H24FN7O3. The second-order valence-corrected chi connectivity index (χ2v) is 7.93. The number of nitrogens with two attached hydrogens (primary N) is 1. The number of pyridine rings is 1. The van der Waals surface area contributed by atoms with E-state index in [1.54, 1.807) is 35.0 Å². The summed E-state index contributed by atoms with van der Waals surface area (Å²) in [5.41, 5.74) is 7.10. The molecule has 0 atom stereocenters. The zero-order chi connectivity index (χ0) is 24.9. The lowest BCUT2D eigenvalue weighted by Gasteiger charge is -2.13. The standard InChI is InChI=1S/C24H24FN7O3/c1-31(2)11-12-35-17-7-8-18(25)19(13-17)30-24(34)29-15-3-5-16(6-4-15)32-10-9-20(33)21-22(26)27-14-28-23(21)32/h3-10,13-14H,11-12H2,1-2H3,(H2,26,27,28)(H2,29,30,34). The summed E-state index contributed by atoms with van der Waals surface area (Å²) in [5.74, 6) is -0.0313. The molecule has 180 valence electrons. The minimum absolute atomic E-state index is 0.00141. The molecule has 0 aliphatic rings. The van der Waals surface area contributed by atoms with Crippen LogP contribution in [0.3, 0.4) is 0 Å². The van der Waals surface area contributed by atoms with E-state index in [1.807, 2.05) is 19.0 Å². The van der Waals surface area contributed by atoms with Crippen LogP contribution in [0.15, 0.2) is 65.8 Å². The molecule has 0 aliphatic carbocycles. The van der Waals surface area contributed by atoms with Gasteiger partial charge < -0.3 is 30.6 Å². The van der Waals surface area contributed by atoms with Gasteiger partial charge in [0.25, 0.3) is 0 Å². The molecule has 0 fully saturated rings. The van der Waals surface area contributed by atoms with Crippen LogP contribution in [0.4, 0.5) is 26.4 Å². The fourth-order valence-electron chi connectivity index (χ4n) is 3.34. The number of benzene rings is 2. The minimum atomic E-state index is -0.614. The third kappa shape index (κ3) is 5.53. The first-order valence-electron chi connectivity index (χ1n) is 10.7. The van der Waals surface area contributed by atoms with Gasteiger partial charge in [0.05, 0.1) is 5.69 Å². The SMILES string of the molecule is CN(C)CCOc1ccc(F)c(NC(=O)Nc2ccc(-n3ccc(=O)c4c(N)ncnc43)cc2)c1. The number of hydrogen-bond donors (Lipinski definition) is 3. The van der Waals surface area contributed by atoms with Gasteiger partial charge in [-0.2, -0.15) is 0 Å². The Balaban J connectivity index is 1.46. The number of rotatable bonds is 7. The van der Waals surface area contributed by atoms with Gasteiger partial charge in [0, 0.05) is 36.2 Å². The first kappa shape index (κ1) is 23.6. The van der Waals surface area contributed by atoms with Crippen LogP contribution in [-0.4, -0.2) is 52.7 Å². The average molecular weight is 478 g/mol. The van der Waals surface area contributed by atoms with Crippen molar-refractivity contribution in [3.63, 3.8) is 0 Å². The van der Waals surface area contributed by atoms with Crippen molar-refractivity contribution in [2.45, 2.75) is 0 Å². The Morgan fingerprint density at radius 1 is 1.11 bits per heavy atom. The van der Waals surface area contributed by atoms with Crippen molar-refractivity contribution in [1.29, 1.82) is 0 Å². The highest BCUT2D eigenvalue weighted by atomic mass is 19.1. The molecule has 0 bridgehead atoms. The number of halogens is 1. The number of anilines is 3. The Hall–Kier alpha value is -4.51. The summed E-state index contributed by atoms with van der Waals surface area (Å²) in [7, 11) is 3.84. The maximum absolute atomic E-state index is 14.2. The number of ether oxygens (including phenoxy) is 1. The van der Waals surface area contributed by atoms with Gasteiger partial charge in [0.15, 0.2) is 11.1 Å². The van der Waals surface area contributed by atoms with Gasteiger partial charge in [-0.1, -0.05) is 0 Å². The number of carbonyl (C=O) groups is 1. The van der Waals surface area contributed by atoms with Crippen LogP contribution in [0, 0.1) is 5.82 Å². The van der Waals surface area contributed by atoms with E-state index in [4.69, 9.17) is 10.5 Å². The lowest BCUT2D eigenvalue weighted by Crippen LogP contribution is -2.21. The average Bonchev–Trinajstić information content (AvgIpc) is 2.82. The van der Waals surface area contributed by atoms with E-state index >= 15 is 0 Å². The third-order valence-electron chi connectivity index (χ3n) is 5.10. The number of nitrogens with one attached hydrogen (secondary N) is 2. The molecule has 35 heavy (non-hydrogen) atoms. The van der Waals surface area contributed by atoms with Crippen LogP contribution in [0.1, 0.15) is 0 Å². The zero-order valence-electron chi connectivity index (χ0n) is 19.2. The number of nitrogen functional groups attached to an aromatic ring is 1. The van der Waals surface area contributed by atoms with Gasteiger partial charge in [-0.15, -0.1) is 0 Å². The van der Waals surface area contributed by atoms with Crippen LogP contribution >= 0.6 is 0 Å². The predicted octanol–water partition coefficient (Wildman–Crippen LogP) is 3.09. The van der Waals surface area contributed by atoms with Gasteiger partial charge in [0.1, 0.15) is 35.7 Å². The lowest BCUT2D eigenvalue weighted by atomic mass is 10.2. The summed E-state index contributed by atoms with van der Waals surface area (Å²) >= 11 is 0. The largest absolute Gasteiger partial charge is 0.492 e. The van der Waals surface area contributed by atoms with Crippen molar-refractivity contribution in [2.24, 2.45) is 0 Å². The normalized spacial score (nSPS) is 11.0. The van der Waals surface area contributed by atoms with Crippen molar-refractivity contribution in [2.75, 3.05) is 43.6 Å². The van der Waals surface area contributed by atoms with E-state index in [1.165, 1.54) is 30.6 Å². The van der Waals surface area contributed by atoms with E-state index in [2.05, 4.69) is 20.6 Å². The number of nitrogens with zero attached hydrogens (tertiary/aromatic N) is 4. The van der Waals surface area contributed by atoms with E-state index in [0.29, 0.717) is 35.9 Å². The Labute approximate surface area is 200 Å². The molecule has 4 aromatic rings. The Kier molecular flexibility index (Phi) is 6.88. The molecule has 0 unspecified atom stereocenters. The van der Waals surface area contributed by atoms with Crippen molar-refractivity contribution >= 4 is 34.3 Å². The topological polar surface area (TPSA) is 127 Å². The molecule has 4 N–H and O–H groups in total. The summed E-state index contributed by atoms with van der Waals surface area (Å²) in [6, 6.07) is 11.7. The number of hydrogen-bond acceptors (Lipinski definition) is 7. The van der Waals surface area contributed by atoms with E-state index in [0.717, 1.165) is 0 Å². The molecule has 0 spiro atoms. The molecule has 0 saturated heterocycles. The molecular weight excluding hydrogens is 453 g/mol. The fourth-order valence-corrected chi connectivity index (χ4v) is 3.34. The summed E-state index contributed by atoms with van der Waals surface area (Å²) < 4.78 is 21.5. The third-order valence-corrected chi connectivity index (χ3v) is 5.10. The van der Waals surface area contributed by atoms with Gasteiger partial charge in [-0.25, -0.2) is 19.2 Å². The van der Waals surface area contributed by atoms with Crippen molar-refractivity contribution in [3.8, 4) is 11.4 Å². The van der Waals surface area contributed by atoms with E-state index in [9.17, 15) is 14.0 Å². The molecule has 2 aromatic heterocycles. The van der Waals surface area contributed by atoms with Gasteiger partial charge >= 0.3 is 6.03 Å². The maximum Gasteiger partial charge on any atom is 0.323 e. The molecule has 2 aromatic carbocycles. The van der Waals surface area contributed by atoms with Gasteiger partial charge in [-0.05, 0) is 50.5 Å². The second-order valence-electron chi connectivity index (χ2n) is 7.93. The number of amides is 2. The number of urea groups is 1. The van der Waals surface area contributed by atoms with Crippen LogP contribution in [-0.2, 0) is 0 Å². The van der Waals surface area contributed by atoms with Crippen LogP contribution < -0.4 is 26.5 Å². The molecule has 0 saturated carbocycles. The van der Waals surface area contributed by atoms with Crippen molar-refractivity contribution in [1.82, 2.24) is 19.4 Å². The lowest BCUT2D eigenvalue weighted by molar-refractivity contribution is 0.260. The molecule has 2 amide bonds. The Morgan fingerprint density at radius 3 is 2.63 bits per heavy atom. The second kappa shape index (κ2) is 10.2. The number of fused-ring (bicyclic) bond motifs is 1. The number of carbonyl (C=O) groups excluding carboxylic acids is 1. The van der Waals surface area contributed by atoms with E-state index in [-0.39, 0.29) is 22.3 Å². The summed E-state index contributed by atoms with van der Waals surface area (Å²) in [6.45, 7) is 1.13. The summed E-state index contributed by atoms with van der Waals surface area (Å²) in [4.78, 5) is 34.6. The predicted molar refractivity (Wildman–Crippen MR) is 133 cm³/mol. The molecule has 4 rings (SSSR count). The van der Waals surface area contributed by atoms with Gasteiger partial charge in [0.2, 0.25) is 0 Å². The van der Waals surface area contributed by atoms with E-state index < -0.39 is 11.8 Å². The first-order chi connectivity index (χ1) is 16.8. The summed E-state index contributed by atoms with van der Waals surface area (Å²) in [5, 5.41) is 5.38. The molecule has 0 radical (unpaired) electrons. The highest BCUT2D eigenvalue weighted by Crippen LogP contribution is 2.22. The summed E-state index contributed by atoms with van der Waals surface area (Å²) in [6.07, 6.45) is 2.87. The first-order valence-corrected chi connectivity index (χ1v) is 10.7. The molecule has 10 nitrogen and oxygen atoms in total. The Morgan fingerprint density at radius 2 is 1.89 bits per heavy atom. The highest BCUT2D eigenvalue weighted by Gasteiger charge is 2.11. The highest BCUT2D eigenvalue weighted by molar-refractivity contribution is 6.00. The quantitative estimate of drug-likeness (QED) is 0.373. The van der Waals surface area contributed by atoms with Crippen LogP contribution in [0.5, 0.6) is 5.75 Å². The fraction of sp³-hybridized carbons (Fsp3) is 0.167. The van der Waals surface area contributed by atoms with Gasteiger partial charge in [-0.3, -0.25) is 4.79 Å². The maximum atomic E-state index is 14.2. The smallest absolute Gasteiger partial charge is 0.323 e. The monoisotopic (exact) mass is 477 g/mol. The molecule has 2 heterocycles. The molecule has 11 heteroatoms. The number of likely N-dealkylation sites (N-methyl/N-ethyl adjacent to an activating group) is 1. The Bertz CT molecular complexity index is 1420. The minimum Gasteiger partial charge on any atom is -0.492 e. The number of aromatic nitrogens is 3. The van der Waals surface area contributed by atoms with Crippen molar-refractivity contribution in [3.05, 3.63) is 77.1 Å². The zero-order valence-corrected chi connectivity index (χ0v) is 19.2. The van der Waals surface area contributed by atoms with Crippen LogP contribution in [0.25, 0.3) is 16.7 Å². The van der Waals surface area contributed by atoms with Crippen LogP contribution in [0.2, 0.25) is 0 Å². The van der Waals surface area contributed by atoms with Crippen molar-refractivity contribution < 1.29 is 13.9 Å². The molecule has 0 aliphatic heterocycles.